The van der Waals surface area contributed by atoms with E-state index in [9.17, 15) is 0 Å². The maximum Gasteiger partial charge on any atom is 0.354 e. The molecule has 0 saturated heterocycles. The van der Waals surface area contributed by atoms with Crippen LogP contribution in [0.1, 0.15) is 21.3 Å². The van der Waals surface area contributed by atoms with Gasteiger partial charge in [-0.2, -0.15) is 5.10 Å². The van der Waals surface area contributed by atoms with Gasteiger partial charge in [0.25, 0.3) is 0 Å². The number of nitrogens with zero attached hydrogens (tertiary/aromatic N) is 9. The van der Waals surface area contributed by atoms with Gasteiger partial charge in [0.15, 0.2) is 16.8 Å². The second-order valence-electron chi connectivity index (χ2n) is 7.53. The van der Waals surface area contributed by atoms with Crippen molar-refractivity contribution in [2.45, 2.75) is 21.3 Å². The van der Waals surface area contributed by atoms with E-state index in [2.05, 4.69) is 30.6 Å². The number of hydrogen-bond acceptors (Lipinski definition) is 10. The first-order chi connectivity index (χ1) is 18.8. The predicted molar refractivity (Wildman–Crippen MR) is 153 cm³/mol. The van der Waals surface area contributed by atoms with Crippen LogP contribution in [0.2, 0.25) is 0 Å². The first-order valence-electron chi connectivity index (χ1n) is 11.5. The molecule has 0 atom stereocenters. The van der Waals surface area contributed by atoms with Crippen molar-refractivity contribution in [2.24, 2.45) is 51.8 Å². The van der Waals surface area contributed by atoms with Gasteiger partial charge in [0.2, 0.25) is 0 Å². The number of aryl methyl sites for hydroxylation is 3. The third-order valence-electron chi connectivity index (χ3n) is 4.86. The molecular formula is C26H40N9O5+. The molecular weight excluding hydrogens is 518 g/mol. The van der Waals surface area contributed by atoms with Gasteiger partial charge in [0, 0.05) is 57.8 Å². The van der Waals surface area contributed by atoms with Crippen molar-refractivity contribution < 1.29 is 29.3 Å². The number of aromatic nitrogens is 3. The lowest BCUT2D eigenvalue weighted by Gasteiger charge is -2.01. The Bertz CT molecular complexity index is 1410. The van der Waals surface area contributed by atoms with Crippen molar-refractivity contribution in [1.29, 1.82) is 0 Å². The van der Waals surface area contributed by atoms with Gasteiger partial charge >= 0.3 is 5.82 Å². The summed E-state index contributed by atoms with van der Waals surface area (Å²) < 4.78 is 21.0. The summed E-state index contributed by atoms with van der Waals surface area (Å²) in [6.45, 7) is 3.55. The quantitative estimate of drug-likeness (QED) is 0.118. The number of amidine groups is 1. The zero-order chi connectivity index (χ0) is 29.2. The molecule has 0 unspecified atom stereocenters. The van der Waals surface area contributed by atoms with Gasteiger partial charge in [0.1, 0.15) is 17.2 Å². The van der Waals surface area contributed by atoms with Crippen LogP contribution in [-0.2, 0) is 21.1 Å². The lowest BCUT2D eigenvalue weighted by molar-refractivity contribution is -0.658. The monoisotopic (exact) mass is 558 g/mol. The van der Waals surface area contributed by atoms with Crippen LogP contribution in [0.4, 0.5) is 5.82 Å². The van der Waals surface area contributed by atoms with E-state index in [1.165, 1.54) is 0 Å². The predicted octanol–water partition coefficient (Wildman–Crippen LogP) is 3.48. The van der Waals surface area contributed by atoms with Crippen molar-refractivity contribution in [3.8, 4) is 17.2 Å². The molecule has 0 aromatic carbocycles. The van der Waals surface area contributed by atoms with Crippen molar-refractivity contribution >= 4 is 17.9 Å². The van der Waals surface area contributed by atoms with Gasteiger partial charge in [-0.3, -0.25) is 10.5 Å². The van der Waals surface area contributed by atoms with E-state index in [4.69, 9.17) is 24.7 Å². The number of methoxy groups -OCH3 is 3. The van der Waals surface area contributed by atoms with Crippen LogP contribution in [0.3, 0.4) is 0 Å². The Hall–Kier alpha value is -4.69. The van der Waals surface area contributed by atoms with Crippen LogP contribution in [0, 0.1) is 0 Å². The van der Waals surface area contributed by atoms with Gasteiger partial charge in [0.05, 0.1) is 45.8 Å². The van der Waals surface area contributed by atoms with Crippen LogP contribution in [0.5, 0.6) is 17.2 Å². The summed E-state index contributed by atoms with van der Waals surface area (Å²) in [6.07, 6.45) is 7.21. The van der Waals surface area contributed by atoms with Crippen LogP contribution in [0.15, 0.2) is 85.6 Å². The second kappa shape index (κ2) is 19.4. The third-order valence-corrected chi connectivity index (χ3v) is 4.86. The molecule has 0 saturated carbocycles. The molecule has 3 aromatic heterocycles. The Morgan fingerprint density at radius 2 is 1.35 bits per heavy atom. The van der Waals surface area contributed by atoms with E-state index in [0.717, 1.165) is 11.2 Å². The van der Waals surface area contributed by atoms with Gasteiger partial charge < -0.3 is 23.3 Å². The molecule has 0 aliphatic heterocycles. The van der Waals surface area contributed by atoms with Crippen molar-refractivity contribution in [2.75, 3.05) is 21.3 Å². The highest BCUT2D eigenvalue weighted by molar-refractivity contribution is 5.79. The summed E-state index contributed by atoms with van der Waals surface area (Å²) in [4.78, 5) is 0. The fourth-order valence-electron chi connectivity index (χ4n) is 2.68. The summed E-state index contributed by atoms with van der Waals surface area (Å²) in [5.74, 6) is 3.29. The van der Waals surface area contributed by atoms with E-state index in [-0.39, 0.29) is 7.43 Å². The summed E-state index contributed by atoms with van der Waals surface area (Å²) >= 11 is 0. The minimum absolute atomic E-state index is 0. The van der Waals surface area contributed by atoms with Crippen LogP contribution in [0.25, 0.3) is 0 Å². The fraction of sp³-hybridized carbons (Fsp3) is 0.346. The molecule has 40 heavy (non-hydrogen) atoms. The highest BCUT2D eigenvalue weighted by Gasteiger charge is 2.08. The SMILES string of the molecule is C.C/C=N\N=c1/cc(OC)ccn1C.COc1cc[n+](C)c(N=N/C(C)=N/N=c2\cc(OC)ccn2C)c1.OO. The number of azo groups is 1. The topological polar surface area (TPSA) is 156 Å². The molecule has 0 aliphatic rings. The number of hydrogen-bond donors (Lipinski definition) is 2. The van der Waals surface area contributed by atoms with Crippen molar-refractivity contribution in [3.05, 3.63) is 66.0 Å². The van der Waals surface area contributed by atoms with Crippen LogP contribution < -0.4 is 29.8 Å². The molecule has 3 aromatic rings. The zero-order valence-electron chi connectivity index (χ0n) is 23.4. The normalized spacial score (nSPS) is 11.8. The van der Waals surface area contributed by atoms with Gasteiger partial charge in [-0.25, -0.2) is 4.57 Å². The molecule has 3 heterocycles. The lowest BCUT2D eigenvalue weighted by atomic mass is 10.4. The minimum Gasteiger partial charge on any atom is -0.497 e. The molecule has 14 heteroatoms. The van der Waals surface area contributed by atoms with E-state index < -0.39 is 0 Å². The van der Waals surface area contributed by atoms with E-state index in [0.29, 0.717) is 28.6 Å². The van der Waals surface area contributed by atoms with Crippen molar-refractivity contribution in [3.63, 3.8) is 0 Å². The summed E-state index contributed by atoms with van der Waals surface area (Å²) in [5, 5.41) is 36.3. The van der Waals surface area contributed by atoms with E-state index in [1.54, 1.807) is 46.6 Å². The molecule has 14 nitrogen and oxygen atoms in total. The van der Waals surface area contributed by atoms with Crippen LogP contribution >= 0.6 is 0 Å². The lowest BCUT2D eigenvalue weighted by Crippen LogP contribution is -2.27. The minimum atomic E-state index is 0. The Labute approximate surface area is 234 Å². The standard InChI is InChI=1S/C16H21N6O2.C9H13N3O.CH4.H2O2/c1-12(17-19-15-10-13(23-4)6-8-21(15)2)18-20-16-11-14(24-5)7-9-22(16)3;1-4-10-11-9-7-8(13-3)5-6-12(9)2;;1-2/h6-11H,1-5H3;4-7H,1-3H3;1H4;1-2H/q+1;;;/b;10-4-,11-9+;;. The molecule has 0 bridgehead atoms. The number of rotatable bonds is 6. The molecule has 0 amide bonds. The van der Waals surface area contributed by atoms with E-state index in [1.807, 2.05) is 84.6 Å². The maximum absolute atomic E-state index is 6.00. The van der Waals surface area contributed by atoms with Gasteiger partial charge in [-0.15, -0.1) is 15.3 Å². The molecule has 0 spiro atoms. The first-order valence-corrected chi connectivity index (χ1v) is 11.5. The molecule has 0 fully saturated rings. The Balaban J connectivity index is 0.000000807. The maximum atomic E-state index is 6.00. The number of ether oxygens (including phenoxy) is 3. The van der Waals surface area contributed by atoms with Crippen molar-refractivity contribution in [1.82, 2.24) is 9.13 Å². The molecule has 3 rings (SSSR count). The molecule has 2 N–H and O–H groups in total. The van der Waals surface area contributed by atoms with Gasteiger partial charge in [-0.1, -0.05) is 7.43 Å². The molecule has 0 aliphatic carbocycles. The Morgan fingerprint density at radius 3 is 1.85 bits per heavy atom. The highest BCUT2D eigenvalue weighted by Crippen LogP contribution is 2.14. The second-order valence-corrected chi connectivity index (χ2v) is 7.53. The average molecular weight is 559 g/mol. The third kappa shape index (κ3) is 11.8. The molecule has 0 radical (unpaired) electrons. The highest BCUT2D eigenvalue weighted by atomic mass is 17.0. The Kier molecular flexibility index (Phi) is 17.1. The zero-order valence-corrected chi connectivity index (χ0v) is 23.4. The van der Waals surface area contributed by atoms with Crippen LogP contribution in [-0.4, -0.2) is 53.0 Å². The summed E-state index contributed by atoms with van der Waals surface area (Å²) in [6, 6.07) is 11.0. The number of pyridine rings is 3. The Morgan fingerprint density at radius 1 is 0.850 bits per heavy atom. The largest absolute Gasteiger partial charge is 0.497 e. The fourth-order valence-corrected chi connectivity index (χ4v) is 2.68. The van der Waals surface area contributed by atoms with Gasteiger partial charge in [-0.05, 0) is 24.2 Å². The smallest absolute Gasteiger partial charge is 0.354 e. The molecule has 218 valence electrons. The summed E-state index contributed by atoms with van der Waals surface area (Å²) in [7, 11) is 10.5. The average Bonchev–Trinajstić information content (AvgIpc) is 2.97. The summed E-state index contributed by atoms with van der Waals surface area (Å²) in [5.41, 5.74) is 1.41. The van der Waals surface area contributed by atoms with E-state index >= 15 is 0 Å². The first kappa shape index (κ1) is 35.3.